The van der Waals surface area contributed by atoms with Gasteiger partial charge in [0, 0.05) is 10.4 Å². The molecule has 1 saturated carbocycles. The second-order valence-corrected chi connectivity index (χ2v) is 6.09. The van der Waals surface area contributed by atoms with E-state index in [1.165, 1.54) is 37.7 Å². The highest BCUT2D eigenvalue weighted by Crippen LogP contribution is 2.37. The molecule has 0 aliphatic heterocycles. The van der Waals surface area contributed by atoms with Crippen LogP contribution in [0.2, 0.25) is 5.02 Å². The molecule has 1 aliphatic carbocycles. The quantitative estimate of drug-likeness (QED) is 0.769. The lowest BCUT2D eigenvalue weighted by Gasteiger charge is -2.35. The second kappa shape index (κ2) is 6.83. The fourth-order valence-electron chi connectivity index (χ4n) is 2.62. The summed E-state index contributed by atoms with van der Waals surface area (Å²) in [5.74, 6) is 0.938. The third-order valence-electron chi connectivity index (χ3n) is 3.84. The van der Waals surface area contributed by atoms with E-state index in [1.807, 2.05) is 24.3 Å². The Labute approximate surface area is 120 Å². The van der Waals surface area contributed by atoms with Gasteiger partial charge in [0.1, 0.15) is 0 Å². The molecule has 1 aliphatic rings. The Hall–Kier alpha value is -0.180. The van der Waals surface area contributed by atoms with Crippen LogP contribution in [0.1, 0.15) is 37.7 Å². The first-order valence-corrected chi connectivity index (χ1v) is 7.68. The molecular formula is C15H21ClOS. The van der Waals surface area contributed by atoms with Crippen molar-refractivity contribution in [3.63, 3.8) is 0 Å². The van der Waals surface area contributed by atoms with Crippen LogP contribution in [-0.2, 0) is 11.3 Å². The molecule has 0 amide bonds. The van der Waals surface area contributed by atoms with E-state index in [2.05, 4.69) is 12.6 Å². The number of hydrogen-bond donors (Lipinski definition) is 1. The monoisotopic (exact) mass is 284 g/mol. The van der Waals surface area contributed by atoms with Gasteiger partial charge in [-0.3, -0.25) is 0 Å². The Morgan fingerprint density at radius 1 is 1.11 bits per heavy atom. The Morgan fingerprint density at radius 3 is 2.39 bits per heavy atom. The lowest BCUT2D eigenvalue weighted by molar-refractivity contribution is 0.0252. The maximum Gasteiger partial charge on any atom is 0.0717 e. The molecule has 0 heterocycles. The zero-order valence-corrected chi connectivity index (χ0v) is 12.4. The molecule has 3 heteroatoms. The summed E-state index contributed by atoms with van der Waals surface area (Å²) in [7, 11) is 0. The van der Waals surface area contributed by atoms with Gasteiger partial charge in [-0.1, -0.05) is 43.0 Å². The van der Waals surface area contributed by atoms with Crippen molar-refractivity contribution in [1.29, 1.82) is 0 Å². The van der Waals surface area contributed by atoms with E-state index in [9.17, 15) is 0 Å². The molecule has 0 aromatic heterocycles. The minimum Gasteiger partial charge on any atom is -0.376 e. The average molecular weight is 285 g/mol. The Balaban J connectivity index is 1.81. The van der Waals surface area contributed by atoms with Gasteiger partial charge in [0.15, 0.2) is 0 Å². The predicted molar refractivity (Wildman–Crippen MR) is 80.5 cm³/mol. The van der Waals surface area contributed by atoms with E-state index in [0.717, 1.165) is 17.4 Å². The molecule has 1 aromatic carbocycles. The maximum absolute atomic E-state index is 5.90. The molecule has 2 rings (SSSR count). The highest BCUT2D eigenvalue weighted by atomic mass is 35.5. The number of halogens is 1. The molecule has 0 bridgehead atoms. The molecule has 0 atom stereocenters. The summed E-state index contributed by atoms with van der Waals surface area (Å²) in [5.41, 5.74) is 1.50. The molecule has 18 heavy (non-hydrogen) atoms. The first-order valence-electron chi connectivity index (χ1n) is 6.67. The smallest absolute Gasteiger partial charge is 0.0717 e. The summed E-state index contributed by atoms with van der Waals surface area (Å²) in [6, 6.07) is 7.87. The Morgan fingerprint density at radius 2 is 1.78 bits per heavy atom. The van der Waals surface area contributed by atoms with Crippen LogP contribution in [0.4, 0.5) is 0 Å². The summed E-state index contributed by atoms with van der Waals surface area (Å²) >= 11 is 10.4. The van der Waals surface area contributed by atoms with Crippen LogP contribution in [0.25, 0.3) is 0 Å². The van der Waals surface area contributed by atoms with Crippen LogP contribution in [-0.4, -0.2) is 12.4 Å². The SMILES string of the molecule is SCC1(COCc2ccc(Cl)cc2)CCCCC1. The van der Waals surface area contributed by atoms with Gasteiger partial charge in [-0.15, -0.1) is 0 Å². The second-order valence-electron chi connectivity index (χ2n) is 5.34. The van der Waals surface area contributed by atoms with Crippen molar-refractivity contribution < 1.29 is 4.74 Å². The lowest BCUT2D eigenvalue weighted by atomic mass is 9.76. The number of hydrogen-bond acceptors (Lipinski definition) is 2. The van der Waals surface area contributed by atoms with Gasteiger partial charge in [0.05, 0.1) is 13.2 Å². The lowest BCUT2D eigenvalue weighted by Crippen LogP contribution is -2.31. The molecule has 0 unspecified atom stereocenters. The summed E-state index contributed by atoms with van der Waals surface area (Å²) in [5, 5.41) is 0.776. The molecule has 1 nitrogen and oxygen atoms in total. The first kappa shape index (κ1) is 14.2. The topological polar surface area (TPSA) is 9.23 Å². The zero-order chi connectivity index (χ0) is 12.8. The van der Waals surface area contributed by atoms with Crippen molar-refractivity contribution in [2.75, 3.05) is 12.4 Å². The molecular weight excluding hydrogens is 264 g/mol. The van der Waals surface area contributed by atoms with Crippen LogP contribution in [0, 0.1) is 5.41 Å². The van der Waals surface area contributed by atoms with E-state index in [-0.39, 0.29) is 0 Å². The molecule has 0 radical (unpaired) electrons. The van der Waals surface area contributed by atoms with Gasteiger partial charge < -0.3 is 4.74 Å². The van der Waals surface area contributed by atoms with E-state index in [1.54, 1.807) is 0 Å². The Kier molecular flexibility index (Phi) is 5.40. The van der Waals surface area contributed by atoms with Crippen molar-refractivity contribution >= 4 is 24.2 Å². The third kappa shape index (κ3) is 3.91. The van der Waals surface area contributed by atoms with Crippen LogP contribution in [0.3, 0.4) is 0 Å². The minimum absolute atomic E-state index is 0.313. The van der Waals surface area contributed by atoms with Gasteiger partial charge in [0.2, 0.25) is 0 Å². The van der Waals surface area contributed by atoms with Gasteiger partial charge in [-0.25, -0.2) is 0 Å². The van der Waals surface area contributed by atoms with Crippen molar-refractivity contribution in [3.05, 3.63) is 34.9 Å². The minimum atomic E-state index is 0.313. The van der Waals surface area contributed by atoms with E-state index < -0.39 is 0 Å². The first-order chi connectivity index (χ1) is 8.74. The number of ether oxygens (including phenoxy) is 1. The highest BCUT2D eigenvalue weighted by molar-refractivity contribution is 7.80. The van der Waals surface area contributed by atoms with Gasteiger partial charge >= 0.3 is 0 Å². The highest BCUT2D eigenvalue weighted by Gasteiger charge is 2.30. The van der Waals surface area contributed by atoms with Gasteiger partial charge in [0.25, 0.3) is 0 Å². The summed E-state index contributed by atoms with van der Waals surface area (Å²) in [4.78, 5) is 0. The zero-order valence-electron chi connectivity index (χ0n) is 10.7. The van der Waals surface area contributed by atoms with Crippen molar-refractivity contribution in [2.24, 2.45) is 5.41 Å². The normalized spacial score (nSPS) is 18.8. The fraction of sp³-hybridized carbons (Fsp3) is 0.600. The standard InChI is InChI=1S/C15H21ClOS/c16-14-6-4-13(5-7-14)10-17-11-15(12-18)8-2-1-3-9-15/h4-7,18H,1-3,8-12H2. The number of benzene rings is 1. The summed E-state index contributed by atoms with van der Waals surface area (Å²) < 4.78 is 5.90. The van der Waals surface area contributed by atoms with E-state index >= 15 is 0 Å². The maximum atomic E-state index is 5.90. The summed E-state index contributed by atoms with van der Waals surface area (Å²) in [6.07, 6.45) is 6.54. The van der Waals surface area contributed by atoms with Crippen LogP contribution >= 0.6 is 24.2 Å². The predicted octanol–water partition coefficient (Wildman–Crippen LogP) is 4.74. The molecule has 0 saturated heterocycles. The number of rotatable bonds is 5. The van der Waals surface area contributed by atoms with Crippen LogP contribution < -0.4 is 0 Å². The fourth-order valence-corrected chi connectivity index (χ4v) is 3.15. The largest absolute Gasteiger partial charge is 0.376 e. The van der Waals surface area contributed by atoms with Crippen LogP contribution in [0.15, 0.2) is 24.3 Å². The third-order valence-corrected chi connectivity index (χ3v) is 4.76. The molecule has 1 aromatic rings. The van der Waals surface area contributed by atoms with Gasteiger partial charge in [-0.2, -0.15) is 12.6 Å². The van der Waals surface area contributed by atoms with E-state index in [0.29, 0.717) is 12.0 Å². The van der Waals surface area contributed by atoms with Crippen molar-refractivity contribution in [3.8, 4) is 0 Å². The Bertz CT molecular complexity index is 357. The summed E-state index contributed by atoms with van der Waals surface area (Å²) in [6.45, 7) is 1.51. The van der Waals surface area contributed by atoms with Crippen molar-refractivity contribution in [2.45, 2.75) is 38.7 Å². The average Bonchev–Trinajstić information content (AvgIpc) is 2.42. The molecule has 0 N–H and O–H groups in total. The van der Waals surface area contributed by atoms with Crippen LogP contribution in [0.5, 0.6) is 0 Å². The number of thiol groups is 1. The van der Waals surface area contributed by atoms with Gasteiger partial charge in [-0.05, 0) is 36.3 Å². The molecule has 100 valence electrons. The molecule has 1 fully saturated rings. The molecule has 0 spiro atoms. The van der Waals surface area contributed by atoms with E-state index in [4.69, 9.17) is 16.3 Å². The van der Waals surface area contributed by atoms with Crippen molar-refractivity contribution in [1.82, 2.24) is 0 Å².